The van der Waals surface area contributed by atoms with Crippen LogP contribution in [-0.4, -0.2) is 10.2 Å². The lowest BCUT2D eigenvalue weighted by Crippen LogP contribution is -2.30. The van der Waals surface area contributed by atoms with Gasteiger partial charge in [0.05, 0.1) is 5.69 Å². The van der Waals surface area contributed by atoms with Crippen LogP contribution >= 0.6 is 24.4 Å². The summed E-state index contributed by atoms with van der Waals surface area (Å²) in [4.78, 5) is 1.97. The van der Waals surface area contributed by atoms with Crippen molar-refractivity contribution in [1.29, 1.82) is 0 Å². The third-order valence-corrected chi connectivity index (χ3v) is 4.00. The molecular formula is C20H18N4S2. The standard InChI is InChI=1S/C20H18N4S2/c21-19(25)22-16-10-7-13-18(14-16)24(17-11-5-2-6-12-17)20(26)23-15-8-3-1-4-9-15/h1-14H,(H,23,26)(H3,21,22,25). The van der Waals surface area contributed by atoms with Crippen molar-refractivity contribution in [2.24, 2.45) is 5.73 Å². The second-order valence-electron chi connectivity index (χ2n) is 5.51. The zero-order valence-electron chi connectivity index (χ0n) is 13.9. The van der Waals surface area contributed by atoms with Crippen LogP contribution in [0.2, 0.25) is 0 Å². The molecule has 0 saturated heterocycles. The summed E-state index contributed by atoms with van der Waals surface area (Å²) in [5.41, 5.74) is 9.17. The van der Waals surface area contributed by atoms with Crippen molar-refractivity contribution < 1.29 is 0 Å². The predicted octanol–water partition coefficient (Wildman–Crippen LogP) is 4.88. The fraction of sp³-hybridized carbons (Fsp3) is 0. The molecule has 3 aromatic rings. The number of nitrogens with one attached hydrogen (secondary N) is 2. The molecule has 6 heteroatoms. The molecule has 3 aromatic carbocycles. The van der Waals surface area contributed by atoms with Crippen molar-refractivity contribution in [3.63, 3.8) is 0 Å². The second kappa shape index (κ2) is 8.42. The van der Waals surface area contributed by atoms with Crippen molar-refractivity contribution in [2.75, 3.05) is 15.5 Å². The average molecular weight is 379 g/mol. The first-order valence-corrected chi connectivity index (χ1v) is 8.83. The van der Waals surface area contributed by atoms with Gasteiger partial charge in [0, 0.05) is 17.1 Å². The first kappa shape index (κ1) is 17.8. The number of hydrogen-bond acceptors (Lipinski definition) is 2. The van der Waals surface area contributed by atoms with Crippen molar-refractivity contribution in [2.45, 2.75) is 0 Å². The topological polar surface area (TPSA) is 53.3 Å². The van der Waals surface area contributed by atoms with E-state index in [1.54, 1.807) is 0 Å². The third kappa shape index (κ3) is 4.56. The van der Waals surface area contributed by atoms with Crippen LogP contribution in [0.5, 0.6) is 0 Å². The van der Waals surface area contributed by atoms with Crippen LogP contribution < -0.4 is 21.3 Å². The van der Waals surface area contributed by atoms with Crippen molar-refractivity contribution in [1.82, 2.24) is 0 Å². The molecule has 0 spiro atoms. The highest BCUT2D eigenvalue weighted by Gasteiger charge is 2.15. The number of para-hydroxylation sites is 2. The van der Waals surface area contributed by atoms with Gasteiger partial charge in [-0.05, 0) is 66.9 Å². The molecule has 0 unspecified atom stereocenters. The summed E-state index contributed by atoms with van der Waals surface area (Å²) in [5.74, 6) is 0. The van der Waals surface area contributed by atoms with Gasteiger partial charge in [0.25, 0.3) is 0 Å². The number of rotatable bonds is 4. The minimum absolute atomic E-state index is 0.221. The molecule has 0 aliphatic carbocycles. The van der Waals surface area contributed by atoms with Crippen LogP contribution in [-0.2, 0) is 0 Å². The van der Waals surface area contributed by atoms with Crippen LogP contribution in [0.15, 0.2) is 84.9 Å². The van der Waals surface area contributed by atoms with Crippen LogP contribution in [0.1, 0.15) is 0 Å². The number of nitrogens with zero attached hydrogens (tertiary/aromatic N) is 1. The quantitative estimate of drug-likeness (QED) is 0.563. The highest BCUT2D eigenvalue weighted by molar-refractivity contribution is 7.81. The lowest BCUT2D eigenvalue weighted by Gasteiger charge is -2.26. The van der Waals surface area contributed by atoms with E-state index in [2.05, 4.69) is 10.6 Å². The van der Waals surface area contributed by atoms with Gasteiger partial charge in [-0.15, -0.1) is 0 Å². The maximum Gasteiger partial charge on any atom is 0.182 e. The van der Waals surface area contributed by atoms with Gasteiger partial charge in [-0.25, -0.2) is 0 Å². The molecule has 26 heavy (non-hydrogen) atoms. The van der Waals surface area contributed by atoms with Gasteiger partial charge in [-0.3, -0.25) is 4.90 Å². The van der Waals surface area contributed by atoms with Crippen LogP contribution in [0, 0.1) is 0 Å². The van der Waals surface area contributed by atoms with E-state index in [4.69, 9.17) is 30.2 Å². The maximum absolute atomic E-state index is 5.70. The summed E-state index contributed by atoms with van der Waals surface area (Å²) < 4.78 is 0. The monoisotopic (exact) mass is 378 g/mol. The molecule has 4 N–H and O–H groups in total. The number of anilines is 4. The normalized spacial score (nSPS) is 10.0. The first-order valence-electron chi connectivity index (χ1n) is 8.01. The van der Waals surface area contributed by atoms with Crippen LogP contribution in [0.3, 0.4) is 0 Å². The summed E-state index contributed by atoms with van der Waals surface area (Å²) in [6.07, 6.45) is 0. The molecule has 0 saturated carbocycles. The Kier molecular flexibility index (Phi) is 5.78. The molecule has 4 nitrogen and oxygen atoms in total. The molecule has 130 valence electrons. The Morgan fingerprint density at radius 3 is 1.92 bits per heavy atom. The molecule has 0 amide bonds. The zero-order valence-corrected chi connectivity index (χ0v) is 15.6. The molecule has 0 fully saturated rings. The number of thiocarbonyl (C=S) groups is 2. The fourth-order valence-electron chi connectivity index (χ4n) is 2.53. The number of benzene rings is 3. The van der Waals surface area contributed by atoms with E-state index in [9.17, 15) is 0 Å². The smallest absolute Gasteiger partial charge is 0.182 e. The van der Waals surface area contributed by atoms with E-state index in [1.807, 2.05) is 89.8 Å². The van der Waals surface area contributed by atoms with Crippen LogP contribution in [0.4, 0.5) is 22.7 Å². The average Bonchev–Trinajstić information content (AvgIpc) is 2.63. The van der Waals surface area contributed by atoms with Gasteiger partial charge in [0.1, 0.15) is 0 Å². The molecule has 0 aliphatic heterocycles. The summed E-state index contributed by atoms with van der Waals surface area (Å²) in [6.45, 7) is 0. The summed E-state index contributed by atoms with van der Waals surface area (Å²) in [7, 11) is 0. The van der Waals surface area contributed by atoms with Crippen molar-refractivity contribution >= 4 is 57.4 Å². The minimum atomic E-state index is 0.221. The van der Waals surface area contributed by atoms with Gasteiger partial charge in [0.2, 0.25) is 0 Å². The number of hydrogen-bond donors (Lipinski definition) is 3. The highest BCUT2D eigenvalue weighted by Crippen LogP contribution is 2.28. The summed E-state index contributed by atoms with van der Waals surface area (Å²) >= 11 is 10.6. The molecule has 0 aromatic heterocycles. The SMILES string of the molecule is NC(=S)Nc1cccc(N(C(=S)Nc2ccccc2)c2ccccc2)c1. The molecule has 0 aliphatic rings. The molecule has 0 atom stereocenters. The second-order valence-corrected chi connectivity index (χ2v) is 6.33. The van der Waals surface area contributed by atoms with Crippen LogP contribution in [0.25, 0.3) is 0 Å². The fourth-order valence-corrected chi connectivity index (χ4v) is 2.97. The highest BCUT2D eigenvalue weighted by atomic mass is 32.1. The molecule has 0 heterocycles. The Hall–Kier alpha value is -2.96. The summed E-state index contributed by atoms with van der Waals surface area (Å²) in [5, 5.41) is 7.03. The van der Waals surface area contributed by atoms with E-state index in [0.717, 1.165) is 22.7 Å². The summed E-state index contributed by atoms with van der Waals surface area (Å²) in [6, 6.07) is 27.5. The predicted molar refractivity (Wildman–Crippen MR) is 118 cm³/mol. The molecular weight excluding hydrogens is 360 g/mol. The van der Waals surface area contributed by atoms with E-state index in [0.29, 0.717) is 5.11 Å². The zero-order chi connectivity index (χ0) is 18.4. The Morgan fingerprint density at radius 2 is 1.27 bits per heavy atom. The van der Waals surface area contributed by atoms with Gasteiger partial charge >= 0.3 is 0 Å². The Morgan fingerprint density at radius 1 is 0.692 bits per heavy atom. The van der Waals surface area contributed by atoms with Gasteiger partial charge in [-0.2, -0.15) is 0 Å². The minimum Gasteiger partial charge on any atom is -0.376 e. The third-order valence-electron chi connectivity index (χ3n) is 3.61. The molecule has 0 bridgehead atoms. The lowest BCUT2D eigenvalue weighted by atomic mass is 10.2. The maximum atomic E-state index is 5.70. The van der Waals surface area contributed by atoms with Gasteiger partial charge in [-0.1, -0.05) is 42.5 Å². The van der Waals surface area contributed by atoms with E-state index < -0.39 is 0 Å². The van der Waals surface area contributed by atoms with Crippen molar-refractivity contribution in [3.05, 3.63) is 84.9 Å². The van der Waals surface area contributed by atoms with Crippen molar-refractivity contribution in [3.8, 4) is 0 Å². The van der Waals surface area contributed by atoms with Gasteiger partial charge in [0.15, 0.2) is 10.2 Å². The van der Waals surface area contributed by atoms with E-state index in [-0.39, 0.29) is 5.11 Å². The molecule has 3 rings (SSSR count). The van der Waals surface area contributed by atoms with E-state index in [1.165, 1.54) is 0 Å². The van der Waals surface area contributed by atoms with Gasteiger partial charge < -0.3 is 16.4 Å². The Balaban J connectivity index is 1.96. The largest absolute Gasteiger partial charge is 0.376 e. The lowest BCUT2D eigenvalue weighted by molar-refractivity contribution is 1.35. The van der Waals surface area contributed by atoms with E-state index >= 15 is 0 Å². The Labute approximate surface area is 163 Å². The Bertz CT molecular complexity index is 898. The first-order chi connectivity index (χ1) is 12.6. The number of nitrogens with two attached hydrogens (primary N) is 1. The molecule has 0 radical (unpaired) electrons.